The van der Waals surface area contributed by atoms with Crippen LogP contribution in [-0.4, -0.2) is 33.5 Å². The van der Waals surface area contributed by atoms with E-state index in [9.17, 15) is 14.7 Å². The lowest BCUT2D eigenvalue weighted by Crippen LogP contribution is -2.28. The van der Waals surface area contributed by atoms with Crippen molar-refractivity contribution in [1.82, 2.24) is 0 Å². The molecule has 0 aliphatic carbocycles. The summed E-state index contributed by atoms with van der Waals surface area (Å²) in [5.74, 6) is -2.41. The van der Waals surface area contributed by atoms with Gasteiger partial charge in [0.1, 0.15) is 0 Å². The minimum Gasteiger partial charge on any atom is -0.479 e. The number of rotatable bonds is 3. The molecule has 2 rings (SSSR count). The monoisotopic (exact) mass is 240 g/mol. The van der Waals surface area contributed by atoms with Crippen LogP contribution in [0.4, 0.5) is 0 Å². The SMILES string of the molecule is O=C(O)C1Oc2ccc(C(O)C(=O)O)cc2O1. The molecule has 90 valence electrons. The number of carboxylic acids is 2. The zero-order valence-electron chi connectivity index (χ0n) is 8.36. The average molecular weight is 240 g/mol. The maximum Gasteiger partial charge on any atom is 0.387 e. The molecule has 0 radical (unpaired) electrons. The zero-order chi connectivity index (χ0) is 12.6. The van der Waals surface area contributed by atoms with Crippen molar-refractivity contribution >= 4 is 11.9 Å². The molecule has 0 amide bonds. The van der Waals surface area contributed by atoms with Gasteiger partial charge in [-0.1, -0.05) is 6.07 Å². The lowest BCUT2D eigenvalue weighted by Gasteiger charge is -2.05. The van der Waals surface area contributed by atoms with E-state index in [0.29, 0.717) is 0 Å². The molecule has 0 saturated carbocycles. The van der Waals surface area contributed by atoms with Crippen LogP contribution < -0.4 is 9.47 Å². The van der Waals surface area contributed by atoms with Gasteiger partial charge in [-0.05, 0) is 17.7 Å². The molecular weight excluding hydrogens is 232 g/mol. The largest absolute Gasteiger partial charge is 0.479 e. The van der Waals surface area contributed by atoms with E-state index >= 15 is 0 Å². The Morgan fingerprint density at radius 3 is 2.41 bits per heavy atom. The second kappa shape index (κ2) is 3.95. The van der Waals surface area contributed by atoms with Gasteiger partial charge in [-0.15, -0.1) is 0 Å². The first-order chi connectivity index (χ1) is 7.99. The second-order valence-corrected chi connectivity index (χ2v) is 3.35. The minimum atomic E-state index is -1.69. The molecular formula is C10H8O7. The van der Waals surface area contributed by atoms with E-state index in [-0.39, 0.29) is 17.1 Å². The van der Waals surface area contributed by atoms with Crippen LogP contribution in [0.5, 0.6) is 11.5 Å². The molecule has 1 aromatic carbocycles. The Morgan fingerprint density at radius 1 is 1.18 bits per heavy atom. The van der Waals surface area contributed by atoms with Crippen molar-refractivity contribution in [3.8, 4) is 11.5 Å². The van der Waals surface area contributed by atoms with Gasteiger partial charge in [-0.3, -0.25) is 0 Å². The van der Waals surface area contributed by atoms with E-state index < -0.39 is 24.3 Å². The van der Waals surface area contributed by atoms with Crippen molar-refractivity contribution in [3.05, 3.63) is 23.8 Å². The fourth-order valence-corrected chi connectivity index (χ4v) is 1.38. The maximum absolute atomic E-state index is 10.6. The Kier molecular flexibility index (Phi) is 2.60. The molecule has 0 bridgehead atoms. The van der Waals surface area contributed by atoms with Crippen LogP contribution in [0.15, 0.2) is 18.2 Å². The van der Waals surface area contributed by atoms with E-state index in [1.807, 2.05) is 0 Å². The Balaban J connectivity index is 2.26. The van der Waals surface area contributed by atoms with Gasteiger partial charge < -0.3 is 24.8 Å². The third-order valence-electron chi connectivity index (χ3n) is 2.19. The molecule has 1 aromatic rings. The number of carboxylic acid groups (broad SMARTS) is 2. The van der Waals surface area contributed by atoms with Crippen LogP contribution >= 0.6 is 0 Å². The molecule has 3 N–H and O–H groups in total. The molecule has 0 aromatic heterocycles. The lowest BCUT2D eigenvalue weighted by atomic mass is 10.1. The Morgan fingerprint density at radius 2 is 1.82 bits per heavy atom. The first-order valence-electron chi connectivity index (χ1n) is 4.60. The summed E-state index contributed by atoms with van der Waals surface area (Å²) in [6.07, 6.45) is -3.13. The number of hydrogen-bond donors (Lipinski definition) is 3. The van der Waals surface area contributed by atoms with Gasteiger partial charge in [0, 0.05) is 0 Å². The molecule has 1 aliphatic heterocycles. The highest BCUT2D eigenvalue weighted by molar-refractivity contribution is 5.75. The highest BCUT2D eigenvalue weighted by Crippen LogP contribution is 2.36. The predicted octanol–water partition coefficient (Wildman–Crippen LogP) is -0.0135. The maximum atomic E-state index is 10.6. The van der Waals surface area contributed by atoms with Crippen LogP contribution in [0.2, 0.25) is 0 Å². The third-order valence-corrected chi connectivity index (χ3v) is 2.19. The van der Waals surface area contributed by atoms with E-state index in [1.165, 1.54) is 18.2 Å². The standard InChI is InChI=1S/C10H8O7/c11-7(8(12)13)4-1-2-5-6(3-4)17-10(16-5)9(14)15/h1-3,7,10-11H,(H,12,13)(H,14,15). The fourth-order valence-electron chi connectivity index (χ4n) is 1.38. The van der Waals surface area contributed by atoms with E-state index in [1.54, 1.807) is 0 Å². The molecule has 0 spiro atoms. The van der Waals surface area contributed by atoms with Crippen molar-refractivity contribution in [2.45, 2.75) is 12.4 Å². The minimum absolute atomic E-state index is 0.0888. The van der Waals surface area contributed by atoms with Gasteiger partial charge in [0.25, 0.3) is 0 Å². The number of carbonyl (C=O) groups is 2. The number of aliphatic hydroxyl groups excluding tert-OH is 1. The zero-order valence-corrected chi connectivity index (χ0v) is 8.36. The summed E-state index contributed by atoms with van der Waals surface area (Å²) in [5.41, 5.74) is 0.0888. The summed E-state index contributed by atoms with van der Waals surface area (Å²) in [6, 6.07) is 3.90. The molecule has 0 saturated heterocycles. The second-order valence-electron chi connectivity index (χ2n) is 3.35. The molecule has 1 heterocycles. The van der Waals surface area contributed by atoms with Gasteiger partial charge in [0.05, 0.1) is 0 Å². The summed E-state index contributed by atoms with van der Waals surface area (Å²) >= 11 is 0. The number of ether oxygens (including phenoxy) is 2. The van der Waals surface area contributed by atoms with Crippen LogP contribution in [0.25, 0.3) is 0 Å². The molecule has 2 unspecified atom stereocenters. The highest BCUT2D eigenvalue weighted by Gasteiger charge is 2.31. The van der Waals surface area contributed by atoms with Crippen molar-refractivity contribution in [3.63, 3.8) is 0 Å². The highest BCUT2D eigenvalue weighted by atomic mass is 16.7. The Labute approximate surface area is 94.8 Å². The lowest BCUT2D eigenvalue weighted by molar-refractivity contribution is -0.155. The topological polar surface area (TPSA) is 113 Å². The average Bonchev–Trinajstić information content (AvgIpc) is 2.70. The summed E-state index contributed by atoms with van der Waals surface area (Å²) < 4.78 is 9.83. The van der Waals surface area contributed by atoms with Crippen molar-refractivity contribution in [2.75, 3.05) is 0 Å². The summed E-state index contributed by atoms with van der Waals surface area (Å²) in [7, 11) is 0. The normalized spacial score (nSPS) is 18.8. The van der Waals surface area contributed by atoms with Gasteiger partial charge in [-0.2, -0.15) is 0 Å². The fraction of sp³-hybridized carbons (Fsp3) is 0.200. The molecule has 17 heavy (non-hydrogen) atoms. The van der Waals surface area contributed by atoms with E-state index in [2.05, 4.69) is 0 Å². The molecule has 1 aliphatic rings. The summed E-state index contributed by atoms with van der Waals surface area (Å²) in [4.78, 5) is 21.2. The molecule has 0 fully saturated rings. The van der Waals surface area contributed by atoms with E-state index in [0.717, 1.165) is 0 Å². The van der Waals surface area contributed by atoms with Crippen molar-refractivity contribution < 1.29 is 34.4 Å². The first kappa shape index (κ1) is 11.2. The summed E-state index contributed by atoms with van der Waals surface area (Å²) in [6.45, 7) is 0. The van der Waals surface area contributed by atoms with Crippen LogP contribution in [0, 0.1) is 0 Å². The number of aliphatic carboxylic acids is 2. The van der Waals surface area contributed by atoms with Gasteiger partial charge in [0.15, 0.2) is 17.6 Å². The Hall–Kier alpha value is -2.28. The number of benzene rings is 1. The van der Waals surface area contributed by atoms with Gasteiger partial charge in [-0.25, -0.2) is 9.59 Å². The quantitative estimate of drug-likeness (QED) is 0.680. The van der Waals surface area contributed by atoms with E-state index in [4.69, 9.17) is 19.7 Å². The smallest absolute Gasteiger partial charge is 0.387 e. The number of fused-ring (bicyclic) bond motifs is 1. The van der Waals surface area contributed by atoms with Crippen LogP contribution in [0.3, 0.4) is 0 Å². The van der Waals surface area contributed by atoms with Crippen LogP contribution in [0.1, 0.15) is 11.7 Å². The number of hydrogen-bond acceptors (Lipinski definition) is 5. The predicted molar refractivity (Wildman–Crippen MR) is 51.7 cm³/mol. The Bertz CT molecular complexity index is 482. The van der Waals surface area contributed by atoms with Crippen LogP contribution in [-0.2, 0) is 9.59 Å². The molecule has 7 nitrogen and oxygen atoms in total. The third kappa shape index (κ3) is 2.00. The number of aliphatic hydroxyl groups is 1. The molecule has 7 heteroatoms. The van der Waals surface area contributed by atoms with Gasteiger partial charge in [0.2, 0.25) is 0 Å². The first-order valence-corrected chi connectivity index (χ1v) is 4.60. The van der Waals surface area contributed by atoms with Crippen molar-refractivity contribution in [1.29, 1.82) is 0 Å². The van der Waals surface area contributed by atoms with Gasteiger partial charge >= 0.3 is 18.2 Å². The summed E-state index contributed by atoms with van der Waals surface area (Å²) in [5, 5.41) is 26.6. The molecule has 2 atom stereocenters. The van der Waals surface area contributed by atoms with Crippen molar-refractivity contribution in [2.24, 2.45) is 0 Å².